The second-order valence-corrected chi connectivity index (χ2v) is 4.69. The number of nitrogens with two attached hydrogens (primary N) is 1. The largest absolute Gasteiger partial charge is 0.398 e. The number of carbonyl (C=O) groups excluding carboxylic acids is 1. The van der Waals surface area contributed by atoms with E-state index in [2.05, 4.69) is 5.32 Å². The molecule has 0 spiro atoms. The van der Waals surface area contributed by atoms with E-state index in [1.165, 1.54) is 19.3 Å². The predicted octanol–water partition coefficient (Wildman–Crippen LogP) is 3.05. The Balaban J connectivity index is 1.92. The van der Waals surface area contributed by atoms with Gasteiger partial charge in [0.1, 0.15) is 0 Å². The molecular weight excluding hydrogens is 224 g/mol. The molecule has 0 saturated heterocycles. The van der Waals surface area contributed by atoms with E-state index in [4.69, 9.17) is 17.3 Å². The topological polar surface area (TPSA) is 55.1 Å². The fraction of sp³-hybridized carbons (Fsp3) is 0.417. The third kappa shape index (κ3) is 2.67. The summed E-state index contributed by atoms with van der Waals surface area (Å²) in [4.78, 5) is 11.6. The van der Waals surface area contributed by atoms with Gasteiger partial charge in [0.05, 0.1) is 10.7 Å². The molecule has 1 fully saturated rings. The zero-order valence-corrected chi connectivity index (χ0v) is 9.76. The molecule has 4 heteroatoms. The summed E-state index contributed by atoms with van der Waals surface area (Å²) >= 11 is 5.87. The highest BCUT2D eigenvalue weighted by atomic mass is 35.5. The molecule has 1 amide bonds. The standard InChI is InChI=1S/C12H15ClN2O/c13-10-7-9(4-5-11(10)14)15-12(16)6-8-2-1-3-8/h4-5,7-8H,1-3,6,14H2,(H,15,16). The normalized spacial score (nSPS) is 15.6. The Morgan fingerprint density at radius 1 is 1.50 bits per heavy atom. The van der Waals surface area contributed by atoms with E-state index in [1.54, 1.807) is 18.2 Å². The molecule has 0 heterocycles. The van der Waals surface area contributed by atoms with Gasteiger partial charge in [0.25, 0.3) is 0 Å². The molecule has 3 nitrogen and oxygen atoms in total. The van der Waals surface area contributed by atoms with E-state index in [1.807, 2.05) is 0 Å². The van der Waals surface area contributed by atoms with Gasteiger partial charge in [0.2, 0.25) is 5.91 Å². The van der Waals surface area contributed by atoms with Crippen LogP contribution >= 0.6 is 11.6 Å². The molecule has 2 rings (SSSR count). The SMILES string of the molecule is Nc1ccc(NC(=O)CC2CCC2)cc1Cl. The number of benzene rings is 1. The second-order valence-electron chi connectivity index (χ2n) is 4.29. The van der Waals surface area contributed by atoms with Crippen LogP contribution in [0.25, 0.3) is 0 Å². The highest BCUT2D eigenvalue weighted by Crippen LogP contribution is 2.30. The van der Waals surface area contributed by atoms with Gasteiger partial charge in [0.15, 0.2) is 0 Å². The van der Waals surface area contributed by atoms with Crippen molar-refractivity contribution in [3.8, 4) is 0 Å². The molecule has 16 heavy (non-hydrogen) atoms. The van der Waals surface area contributed by atoms with Crippen molar-refractivity contribution in [3.63, 3.8) is 0 Å². The quantitative estimate of drug-likeness (QED) is 0.796. The maximum atomic E-state index is 11.6. The number of amides is 1. The summed E-state index contributed by atoms with van der Waals surface area (Å²) in [6, 6.07) is 5.14. The molecule has 1 aromatic rings. The Morgan fingerprint density at radius 2 is 2.25 bits per heavy atom. The summed E-state index contributed by atoms with van der Waals surface area (Å²) in [5.41, 5.74) is 6.82. The van der Waals surface area contributed by atoms with E-state index in [9.17, 15) is 4.79 Å². The smallest absolute Gasteiger partial charge is 0.224 e. The second kappa shape index (κ2) is 4.74. The first kappa shape index (κ1) is 11.3. The number of anilines is 2. The van der Waals surface area contributed by atoms with Crippen molar-refractivity contribution in [2.24, 2.45) is 5.92 Å². The molecular formula is C12H15ClN2O. The molecule has 0 unspecified atom stereocenters. The van der Waals surface area contributed by atoms with Crippen LogP contribution in [0.3, 0.4) is 0 Å². The lowest BCUT2D eigenvalue weighted by Gasteiger charge is -2.24. The Morgan fingerprint density at radius 3 is 2.81 bits per heavy atom. The number of halogens is 1. The minimum absolute atomic E-state index is 0.0607. The van der Waals surface area contributed by atoms with Gasteiger partial charge in [-0.1, -0.05) is 18.0 Å². The van der Waals surface area contributed by atoms with E-state index < -0.39 is 0 Å². The minimum Gasteiger partial charge on any atom is -0.398 e. The van der Waals surface area contributed by atoms with Crippen molar-refractivity contribution in [2.45, 2.75) is 25.7 Å². The van der Waals surface area contributed by atoms with Crippen LogP contribution < -0.4 is 11.1 Å². The molecule has 0 aromatic heterocycles. The van der Waals surface area contributed by atoms with Crippen molar-refractivity contribution in [2.75, 3.05) is 11.1 Å². The van der Waals surface area contributed by atoms with Crippen LogP contribution in [0.5, 0.6) is 0 Å². The number of nitrogens with one attached hydrogen (secondary N) is 1. The summed E-state index contributed by atoms with van der Waals surface area (Å²) in [5, 5.41) is 3.30. The summed E-state index contributed by atoms with van der Waals surface area (Å²) in [5.74, 6) is 0.634. The molecule has 1 aliphatic carbocycles. The first-order valence-corrected chi connectivity index (χ1v) is 5.88. The highest BCUT2D eigenvalue weighted by Gasteiger charge is 2.20. The first-order chi connectivity index (χ1) is 7.65. The average Bonchev–Trinajstić information content (AvgIpc) is 2.18. The Labute approximate surface area is 100.0 Å². The van der Waals surface area contributed by atoms with Crippen molar-refractivity contribution in [1.82, 2.24) is 0 Å². The van der Waals surface area contributed by atoms with Crippen molar-refractivity contribution in [3.05, 3.63) is 23.2 Å². The van der Waals surface area contributed by atoms with Crippen molar-refractivity contribution >= 4 is 28.9 Å². The fourth-order valence-corrected chi connectivity index (χ4v) is 1.96. The molecule has 1 saturated carbocycles. The Hall–Kier alpha value is -1.22. The van der Waals surface area contributed by atoms with Crippen LogP contribution in [-0.2, 0) is 4.79 Å². The number of nitrogen functional groups attached to an aromatic ring is 1. The highest BCUT2D eigenvalue weighted by molar-refractivity contribution is 6.33. The van der Waals surface area contributed by atoms with Gasteiger partial charge in [-0.25, -0.2) is 0 Å². The number of rotatable bonds is 3. The van der Waals surface area contributed by atoms with Gasteiger partial charge >= 0.3 is 0 Å². The van der Waals surface area contributed by atoms with E-state index in [-0.39, 0.29) is 5.91 Å². The van der Waals surface area contributed by atoms with Crippen LogP contribution in [-0.4, -0.2) is 5.91 Å². The predicted molar refractivity (Wildman–Crippen MR) is 66.5 cm³/mol. The molecule has 0 aliphatic heterocycles. The molecule has 1 aromatic carbocycles. The zero-order chi connectivity index (χ0) is 11.5. The lowest BCUT2D eigenvalue weighted by atomic mass is 9.83. The minimum atomic E-state index is 0.0607. The van der Waals surface area contributed by atoms with Gasteiger partial charge in [-0.2, -0.15) is 0 Å². The van der Waals surface area contributed by atoms with Gasteiger partial charge in [-0.3, -0.25) is 4.79 Å². The third-order valence-electron chi connectivity index (χ3n) is 2.98. The van der Waals surface area contributed by atoms with Crippen LogP contribution in [0.1, 0.15) is 25.7 Å². The summed E-state index contributed by atoms with van der Waals surface area (Å²) in [6.07, 6.45) is 4.22. The first-order valence-electron chi connectivity index (χ1n) is 5.50. The number of hydrogen-bond acceptors (Lipinski definition) is 2. The van der Waals surface area contributed by atoms with Crippen LogP contribution in [0.15, 0.2) is 18.2 Å². The van der Waals surface area contributed by atoms with Crippen LogP contribution in [0.4, 0.5) is 11.4 Å². The van der Waals surface area contributed by atoms with E-state index in [0.29, 0.717) is 28.7 Å². The Kier molecular flexibility index (Phi) is 3.34. The van der Waals surface area contributed by atoms with E-state index >= 15 is 0 Å². The molecule has 86 valence electrons. The average molecular weight is 239 g/mol. The van der Waals surface area contributed by atoms with Crippen LogP contribution in [0.2, 0.25) is 5.02 Å². The molecule has 1 aliphatic rings. The van der Waals surface area contributed by atoms with Crippen LogP contribution in [0, 0.1) is 5.92 Å². The maximum Gasteiger partial charge on any atom is 0.224 e. The molecule has 3 N–H and O–H groups in total. The van der Waals surface area contributed by atoms with Gasteiger partial charge in [-0.05, 0) is 37.0 Å². The van der Waals surface area contributed by atoms with E-state index in [0.717, 1.165) is 0 Å². The van der Waals surface area contributed by atoms with Crippen molar-refractivity contribution in [1.29, 1.82) is 0 Å². The summed E-state index contributed by atoms with van der Waals surface area (Å²) in [6.45, 7) is 0. The van der Waals surface area contributed by atoms with Gasteiger partial charge < -0.3 is 11.1 Å². The maximum absolute atomic E-state index is 11.6. The number of carbonyl (C=O) groups is 1. The lowest BCUT2D eigenvalue weighted by molar-refractivity contribution is -0.117. The summed E-state index contributed by atoms with van der Waals surface area (Å²) < 4.78 is 0. The molecule has 0 bridgehead atoms. The zero-order valence-electron chi connectivity index (χ0n) is 9.00. The summed E-state index contributed by atoms with van der Waals surface area (Å²) in [7, 11) is 0. The monoisotopic (exact) mass is 238 g/mol. The fourth-order valence-electron chi connectivity index (χ4n) is 1.78. The lowest BCUT2D eigenvalue weighted by Crippen LogP contribution is -2.20. The van der Waals surface area contributed by atoms with Crippen molar-refractivity contribution < 1.29 is 4.79 Å². The van der Waals surface area contributed by atoms with Gasteiger partial charge in [-0.15, -0.1) is 0 Å². The molecule has 0 atom stereocenters. The van der Waals surface area contributed by atoms with Gasteiger partial charge in [0, 0.05) is 12.1 Å². The molecule has 0 radical (unpaired) electrons. The third-order valence-corrected chi connectivity index (χ3v) is 3.31. The Bertz CT molecular complexity index is 402. The number of hydrogen-bond donors (Lipinski definition) is 2.